The normalized spacial score (nSPS) is 13.1. The van der Waals surface area contributed by atoms with Crippen LogP contribution in [-0.4, -0.2) is 60.4 Å². The summed E-state index contributed by atoms with van der Waals surface area (Å²) in [4.78, 5) is 26.7. The van der Waals surface area contributed by atoms with Crippen molar-refractivity contribution in [2.45, 2.75) is 37.5 Å². The molecule has 2 aromatic carbocycles. The van der Waals surface area contributed by atoms with Crippen LogP contribution >= 0.6 is 23.2 Å². The molecule has 0 aliphatic carbocycles. The van der Waals surface area contributed by atoms with Crippen LogP contribution in [0.3, 0.4) is 0 Å². The number of para-hydroxylation sites is 1. The van der Waals surface area contributed by atoms with Gasteiger partial charge >= 0.3 is 6.18 Å². The molecule has 198 valence electrons. The highest BCUT2D eigenvalue weighted by atomic mass is 35.5. The topological polar surface area (TPSA) is 93.1 Å². The molecule has 0 bridgehead atoms. The number of nitrogens with zero attached hydrogens (tertiary/aromatic N) is 2. The number of ether oxygens (including phenoxy) is 1. The largest absolute Gasteiger partial charge is 0.530 e. The second kappa shape index (κ2) is 12.5. The number of hydrogen-bond acceptors (Lipinski definition) is 5. The number of rotatable bonds is 11. The van der Waals surface area contributed by atoms with E-state index >= 15 is 0 Å². The van der Waals surface area contributed by atoms with Crippen LogP contribution in [0.25, 0.3) is 0 Å². The van der Waals surface area contributed by atoms with Crippen LogP contribution in [0.15, 0.2) is 42.5 Å². The molecule has 12 heteroatoms. The van der Waals surface area contributed by atoms with Gasteiger partial charge in [-0.2, -0.15) is 13.2 Å². The van der Waals surface area contributed by atoms with Gasteiger partial charge < -0.3 is 29.5 Å². The molecule has 0 spiro atoms. The van der Waals surface area contributed by atoms with Crippen molar-refractivity contribution in [2.24, 2.45) is 0 Å². The fourth-order valence-electron chi connectivity index (χ4n) is 4.03. The molecule has 0 saturated heterocycles. The lowest BCUT2D eigenvalue weighted by Gasteiger charge is -2.48. The summed E-state index contributed by atoms with van der Waals surface area (Å²) in [5, 5.41) is 22.4. The van der Waals surface area contributed by atoms with E-state index in [9.17, 15) is 33.0 Å². The minimum atomic E-state index is -4.76. The average molecular weight is 550 g/mol. The Morgan fingerprint density at radius 1 is 1.11 bits per heavy atom. The number of halogens is 5. The third-order valence-corrected chi connectivity index (χ3v) is 6.48. The fraction of sp³-hybridized carbons (Fsp3) is 0.417. The molecule has 1 atom stereocenters. The van der Waals surface area contributed by atoms with Crippen LogP contribution in [0.5, 0.6) is 5.75 Å². The lowest BCUT2D eigenvalue weighted by atomic mass is 9.82. The molecule has 0 heterocycles. The minimum absolute atomic E-state index is 0.0528. The predicted octanol–water partition coefficient (Wildman–Crippen LogP) is 4.23. The van der Waals surface area contributed by atoms with Gasteiger partial charge in [0.15, 0.2) is 0 Å². The van der Waals surface area contributed by atoms with E-state index in [-0.39, 0.29) is 41.6 Å². The van der Waals surface area contributed by atoms with Gasteiger partial charge in [0.1, 0.15) is 18.3 Å². The third kappa shape index (κ3) is 7.41. The van der Waals surface area contributed by atoms with Crippen LogP contribution in [0, 0.1) is 0 Å². The third-order valence-electron chi connectivity index (χ3n) is 5.74. The Hall–Kier alpha value is -2.69. The highest BCUT2D eigenvalue weighted by Crippen LogP contribution is 2.39. The summed E-state index contributed by atoms with van der Waals surface area (Å²) >= 11 is 12.3. The number of likely N-dealkylation sites (N-methyl/N-ethyl adjacent to an activating group) is 1. The average Bonchev–Trinajstić information content (AvgIpc) is 2.81. The Bertz CT molecular complexity index is 1070. The number of carbonyl (C=O) groups is 2. The fourth-order valence-corrected chi connectivity index (χ4v) is 4.33. The molecular formula is C24H26Cl2F3N2O5-. The maximum absolute atomic E-state index is 12.9. The van der Waals surface area contributed by atoms with Crippen molar-refractivity contribution in [3.05, 3.63) is 63.6 Å². The number of methoxy groups -OCH3 is 1. The van der Waals surface area contributed by atoms with Crippen molar-refractivity contribution in [1.82, 2.24) is 9.80 Å². The maximum atomic E-state index is 12.9. The first-order valence-corrected chi connectivity index (χ1v) is 11.6. The zero-order valence-corrected chi connectivity index (χ0v) is 21.2. The predicted molar refractivity (Wildman–Crippen MR) is 127 cm³/mol. The number of carbonyl (C=O) groups excluding carboxylic acids is 2. The Morgan fingerprint density at radius 2 is 1.78 bits per heavy atom. The quantitative estimate of drug-likeness (QED) is 0.452. The van der Waals surface area contributed by atoms with Gasteiger partial charge in [-0.25, -0.2) is 0 Å². The second-order valence-corrected chi connectivity index (χ2v) is 9.01. The van der Waals surface area contributed by atoms with E-state index in [2.05, 4.69) is 0 Å². The smallest absolute Gasteiger partial charge is 0.397 e. The van der Waals surface area contributed by atoms with Gasteiger partial charge in [0.05, 0.1) is 22.7 Å². The van der Waals surface area contributed by atoms with Gasteiger partial charge in [-0.3, -0.25) is 4.79 Å². The lowest BCUT2D eigenvalue weighted by Crippen LogP contribution is -2.59. The van der Waals surface area contributed by atoms with Crippen LogP contribution in [-0.2, 0) is 16.9 Å². The van der Waals surface area contributed by atoms with Gasteiger partial charge in [-0.15, -0.1) is 0 Å². The molecule has 1 N–H and O–H groups in total. The van der Waals surface area contributed by atoms with Crippen molar-refractivity contribution in [3.8, 4) is 5.75 Å². The first-order chi connectivity index (χ1) is 16.8. The molecule has 2 rings (SSSR count). The summed E-state index contributed by atoms with van der Waals surface area (Å²) in [6.45, 7) is -1.12. The highest BCUT2D eigenvalue weighted by Gasteiger charge is 2.42. The molecule has 0 unspecified atom stereocenters. The molecule has 36 heavy (non-hydrogen) atoms. The van der Waals surface area contributed by atoms with Gasteiger partial charge in [0.2, 0.25) is 5.91 Å². The van der Waals surface area contributed by atoms with E-state index in [4.69, 9.17) is 27.9 Å². The molecule has 0 radical (unpaired) electrons. The zero-order valence-electron chi connectivity index (χ0n) is 19.6. The number of aliphatic hydroxyl groups excluding tert-OH is 1. The number of amides is 2. The molecule has 0 saturated carbocycles. The first-order valence-electron chi connectivity index (χ1n) is 10.8. The molecule has 2 aromatic rings. The highest BCUT2D eigenvalue weighted by molar-refractivity contribution is 6.42. The number of aliphatic hydroxyl groups is 1. The minimum Gasteiger partial charge on any atom is -0.530 e. The summed E-state index contributed by atoms with van der Waals surface area (Å²) in [5.74, 6) is -0.887. The summed E-state index contributed by atoms with van der Waals surface area (Å²) in [6.07, 6.45) is -8.15. The van der Waals surface area contributed by atoms with Crippen molar-refractivity contribution >= 4 is 35.2 Å². The Morgan fingerprint density at radius 3 is 2.33 bits per heavy atom. The molecular weight excluding hydrogens is 524 g/mol. The van der Waals surface area contributed by atoms with E-state index in [1.807, 2.05) is 0 Å². The molecule has 2 amide bonds. The zero-order chi connectivity index (χ0) is 27.1. The number of alkyl halides is 3. The van der Waals surface area contributed by atoms with Gasteiger partial charge in [-0.1, -0.05) is 47.5 Å². The molecule has 7 nitrogen and oxygen atoms in total. The van der Waals surface area contributed by atoms with Gasteiger partial charge in [0.25, 0.3) is 0 Å². The molecule has 0 aliphatic rings. The van der Waals surface area contributed by atoms with Crippen LogP contribution in [0.2, 0.25) is 10.0 Å². The number of carboxylic acid groups (broad SMARTS) is 1. The van der Waals surface area contributed by atoms with E-state index in [0.29, 0.717) is 11.3 Å². The van der Waals surface area contributed by atoms with Gasteiger partial charge in [-0.05, 0) is 36.6 Å². The van der Waals surface area contributed by atoms with E-state index < -0.39 is 36.7 Å². The molecule has 0 aliphatic heterocycles. The van der Waals surface area contributed by atoms with E-state index in [0.717, 1.165) is 16.8 Å². The SMILES string of the molecule is COc1ccccc1CN(C(=O)[O-])[C@](CCCO)(CN(C)C(=O)CC(F)(F)F)c1ccc(Cl)c(Cl)c1. The summed E-state index contributed by atoms with van der Waals surface area (Å²) < 4.78 is 44.1. The van der Waals surface area contributed by atoms with Gasteiger partial charge in [0, 0.05) is 32.3 Å². The van der Waals surface area contributed by atoms with Crippen molar-refractivity contribution in [1.29, 1.82) is 0 Å². The van der Waals surface area contributed by atoms with Crippen LogP contribution in [0.4, 0.5) is 18.0 Å². The Kier molecular flexibility index (Phi) is 10.3. The molecule has 0 aromatic heterocycles. The van der Waals surface area contributed by atoms with Crippen molar-refractivity contribution in [2.75, 3.05) is 27.3 Å². The number of benzene rings is 2. The Labute approximate surface area is 217 Å². The first kappa shape index (κ1) is 29.5. The van der Waals surface area contributed by atoms with Crippen LogP contribution < -0.4 is 9.84 Å². The van der Waals surface area contributed by atoms with E-state index in [1.54, 1.807) is 24.3 Å². The van der Waals surface area contributed by atoms with Crippen molar-refractivity contribution in [3.63, 3.8) is 0 Å². The summed E-state index contributed by atoms with van der Waals surface area (Å²) in [6, 6.07) is 10.9. The maximum Gasteiger partial charge on any atom is 0.397 e. The summed E-state index contributed by atoms with van der Waals surface area (Å²) in [7, 11) is 2.56. The van der Waals surface area contributed by atoms with Crippen LogP contribution in [0.1, 0.15) is 30.4 Å². The molecule has 0 fully saturated rings. The monoisotopic (exact) mass is 549 g/mol. The number of hydrogen-bond donors (Lipinski definition) is 1. The lowest BCUT2D eigenvalue weighted by molar-refractivity contribution is -0.274. The van der Waals surface area contributed by atoms with E-state index in [1.165, 1.54) is 25.3 Å². The summed E-state index contributed by atoms with van der Waals surface area (Å²) in [5.41, 5.74) is -0.954. The second-order valence-electron chi connectivity index (χ2n) is 8.19. The Balaban J connectivity index is 2.71. The van der Waals surface area contributed by atoms with Crippen molar-refractivity contribution < 1.29 is 37.7 Å². The standard InChI is InChI=1S/C24H27Cl2F3N2O5/c1-30(21(33)13-24(27,28)29)15-23(10-5-11-32,17-8-9-18(25)19(26)12-17)31(22(34)35)14-16-6-3-4-7-20(16)36-2/h3-4,6-9,12,32H,5,10-11,13-15H2,1-2H3,(H,34,35)/p-1/t23-/m1/s1.